The Morgan fingerprint density at radius 1 is 1.50 bits per heavy atom. The van der Waals surface area contributed by atoms with Crippen LogP contribution in [0.2, 0.25) is 0 Å². The van der Waals surface area contributed by atoms with E-state index < -0.39 is 0 Å². The predicted octanol–water partition coefficient (Wildman–Crippen LogP) is 1.71. The molecular formula is C11H16N2O. The van der Waals surface area contributed by atoms with Crippen molar-refractivity contribution in [3.63, 3.8) is 0 Å². The largest absolute Gasteiger partial charge is 0.468 e. The Hall–Kier alpha value is -1.22. The normalized spacial score (nSPS) is 19.4. The number of nitrogens with two attached hydrogens (primary N) is 1. The highest BCUT2D eigenvalue weighted by molar-refractivity contribution is 5.66. The van der Waals surface area contributed by atoms with Crippen LogP contribution in [0.25, 0.3) is 0 Å². The van der Waals surface area contributed by atoms with Gasteiger partial charge in [0, 0.05) is 20.0 Å². The fourth-order valence-corrected chi connectivity index (χ4v) is 1.95. The zero-order chi connectivity index (χ0) is 10.1. The number of nitrogens with zero attached hydrogens (tertiary/aromatic N) is 1. The second-order valence-corrected chi connectivity index (χ2v) is 3.56. The summed E-state index contributed by atoms with van der Waals surface area (Å²) >= 11 is 0. The van der Waals surface area contributed by atoms with Crippen molar-refractivity contribution < 1.29 is 4.74 Å². The molecule has 0 fully saturated rings. The van der Waals surface area contributed by atoms with Crippen LogP contribution in [-0.2, 0) is 6.54 Å². The van der Waals surface area contributed by atoms with Gasteiger partial charge in [-0.25, -0.2) is 0 Å². The molecule has 0 amide bonds. The van der Waals surface area contributed by atoms with Crippen LogP contribution in [0, 0.1) is 0 Å². The van der Waals surface area contributed by atoms with E-state index in [9.17, 15) is 0 Å². The van der Waals surface area contributed by atoms with E-state index in [-0.39, 0.29) is 6.23 Å². The van der Waals surface area contributed by atoms with E-state index in [2.05, 4.69) is 24.9 Å². The molecule has 76 valence electrons. The standard InChI is InChI=1S/C11H16N2O/c1-3-10-13(2)11-8(7-12)5-4-6-9(11)14-10/h4-6,10H,3,7,12H2,1-2H3. The molecule has 14 heavy (non-hydrogen) atoms. The summed E-state index contributed by atoms with van der Waals surface area (Å²) in [5.74, 6) is 0.960. The molecule has 0 aliphatic carbocycles. The smallest absolute Gasteiger partial charge is 0.172 e. The van der Waals surface area contributed by atoms with E-state index in [0.29, 0.717) is 6.54 Å². The van der Waals surface area contributed by atoms with Crippen LogP contribution in [0.1, 0.15) is 18.9 Å². The SMILES string of the molecule is CCC1Oc2cccc(CN)c2N1C. The number of ether oxygens (including phenoxy) is 1. The second kappa shape index (κ2) is 3.50. The second-order valence-electron chi connectivity index (χ2n) is 3.56. The van der Waals surface area contributed by atoms with Gasteiger partial charge in [-0.05, 0) is 11.6 Å². The van der Waals surface area contributed by atoms with E-state index >= 15 is 0 Å². The first-order valence-corrected chi connectivity index (χ1v) is 4.99. The minimum Gasteiger partial charge on any atom is -0.468 e. The van der Waals surface area contributed by atoms with Gasteiger partial charge in [-0.1, -0.05) is 19.1 Å². The molecule has 0 bridgehead atoms. The van der Waals surface area contributed by atoms with Gasteiger partial charge in [-0.3, -0.25) is 0 Å². The molecule has 0 spiro atoms. The first-order valence-electron chi connectivity index (χ1n) is 4.99. The van der Waals surface area contributed by atoms with Gasteiger partial charge >= 0.3 is 0 Å². The van der Waals surface area contributed by atoms with E-state index in [4.69, 9.17) is 10.5 Å². The molecule has 1 aliphatic rings. The van der Waals surface area contributed by atoms with Crippen LogP contribution in [0.15, 0.2) is 18.2 Å². The fourth-order valence-electron chi connectivity index (χ4n) is 1.95. The minimum absolute atomic E-state index is 0.165. The summed E-state index contributed by atoms with van der Waals surface area (Å²) in [7, 11) is 2.05. The monoisotopic (exact) mass is 192 g/mol. The Labute approximate surface area is 84.5 Å². The van der Waals surface area contributed by atoms with Crippen LogP contribution in [0.4, 0.5) is 5.69 Å². The summed E-state index contributed by atoms with van der Waals surface area (Å²) in [6, 6.07) is 6.05. The molecule has 1 unspecified atom stereocenters. The van der Waals surface area contributed by atoms with Gasteiger partial charge in [0.2, 0.25) is 0 Å². The van der Waals surface area contributed by atoms with Gasteiger partial charge < -0.3 is 15.4 Å². The quantitative estimate of drug-likeness (QED) is 0.775. The van der Waals surface area contributed by atoms with Gasteiger partial charge in [0.05, 0.1) is 5.69 Å². The molecule has 1 heterocycles. The highest BCUT2D eigenvalue weighted by atomic mass is 16.5. The van der Waals surface area contributed by atoms with Crippen molar-refractivity contribution in [2.24, 2.45) is 5.73 Å². The van der Waals surface area contributed by atoms with E-state index in [1.807, 2.05) is 12.1 Å². The topological polar surface area (TPSA) is 38.5 Å². The minimum atomic E-state index is 0.165. The Balaban J connectivity index is 2.43. The van der Waals surface area contributed by atoms with Crippen LogP contribution < -0.4 is 15.4 Å². The molecule has 0 radical (unpaired) electrons. The summed E-state index contributed by atoms with van der Waals surface area (Å²) in [4.78, 5) is 2.16. The lowest BCUT2D eigenvalue weighted by atomic mass is 10.1. The van der Waals surface area contributed by atoms with Gasteiger partial charge in [0.1, 0.15) is 5.75 Å². The van der Waals surface area contributed by atoms with Crippen molar-refractivity contribution in [1.82, 2.24) is 0 Å². The summed E-state index contributed by atoms with van der Waals surface area (Å²) in [6.07, 6.45) is 1.15. The molecule has 3 nitrogen and oxygen atoms in total. The van der Waals surface area contributed by atoms with Crippen molar-refractivity contribution in [3.8, 4) is 5.75 Å². The molecular weight excluding hydrogens is 176 g/mol. The molecule has 0 aromatic heterocycles. The summed E-state index contributed by atoms with van der Waals surface area (Å²) < 4.78 is 5.78. The fraction of sp³-hybridized carbons (Fsp3) is 0.455. The third-order valence-electron chi connectivity index (χ3n) is 2.70. The van der Waals surface area contributed by atoms with Crippen molar-refractivity contribution >= 4 is 5.69 Å². The van der Waals surface area contributed by atoms with Gasteiger partial charge in [0.15, 0.2) is 6.23 Å². The number of fused-ring (bicyclic) bond motifs is 1. The van der Waals surface area contributed by atoms with Crippen molar-refractivity contribution in [2.75, 3.05) is 11.9 Å². The molecule has 2 rings (SSSR count). The molecule has 1 aromatic rings. The Morgan fingerprint density at radius 3 is 2.93 bits per heavy atom. The van der Waals surface area contributed by atoms with Crippen molar-refractivity contribution in [1.29, 1.82) is 0 Å². The number of hydrogen-bond donors (Lipinski definition) is 1. The highest BCUT2D eigenvalue weighted by Crippen LogP contribution is 2.39. The molecule has 0 saturated carbocycles. The zero-order valence-electron chi connectivity index (χ0n) is 8.66. The molecule has 1 aliphatic heterocycles. The predicted molar refractivity (Wildman–Crippen MR) is 57.4 cm³/mol. The van der Waals surface area contributed by atoms with E-state index in [1.54, 1.807) is 0 Å². The third-order valence-corrected chi connectivity index (χ3v) is 2.70. The summed E-state index contributed by atoms with van der Waals surface area (Å²) in [5, 5.41) is 0. The van der Waals surface area contributed by atoms with Crippen molar-refractivity contribution in [3.05, 3.63) is 23.8 Å². The summed E-state index contributed by atoms with van der Waals surface area (Å²) in [6.45, 7) is 2.68. The van der Waals surface area contributed by atoms with E-state index in [0.717, 1.165) is 23.4 Å². The number of anilines is 1. The number of rotatable bonds is 2. The van der Waals surface area contributed by atoms with Crippen LogP contribution >= 0.6 is 0 Å². The van der Waals surface area contributed by atoms with Crippen molar-refractivity contribution in [2.45, 2.75) is 26.1 Å². The molecule has 1 atom stereocenters. The lowest BCUT2D eigenvalue weighted by Gasteiger charge is -2.19. The first kappa shape index (κ1) is 9.34. The Bertz CT molecular complexity index is 338. The van der Waals surface area contributed by atoms with Crippen LogP contribution in [0.5, 0.6) is 5.75 Å². The average molecular weight is 192 g/mol. The number of para-hydroxylation sites is 1. The maximum Gasteiger partial charge on any atom is 0.172 e. The molecule has 2 N–H and O–H groups in total. The zero-order valence-corrected chi connectivity index (χ0v) is 8.66. The number of benzene rings is 1. The highest BCUT2D eigenvalue weighted by Gasteiger charge is 2.27. The molecule has 3 heteroatoms. The first-order chi connectivity index (χ1) is 6.77. The lowest BCUT2D eigenvalue weighted by molar-refractivity contribution is 0.225. The molecule has 1 aromatic carbocycles. The Kier molecular flexibility index (Phi) is 2.33. The Morgan fingerprint density at radius 2 is 2.29 bits per heavy atom. The van der Waals surface area contributed by atoms with E-state index in [1.165, 1.54) is 0 Å². The lowest BCUT2D eigenvalue weighted by Crippen LogP contribution is -2.30. The summed E-state index contributed by atoms with van der Waals surface area (Å²) in [5.41, 5.74) is 8.00. The number of hydrogen-bond acceptors (Lipinski definition) is 3. The molecule has 0 saturated heterocycles. The van der Waals surface area contributed by atoms with Crippen LogP contribution in [-0.4, -0.2) is 13.3 Å². The van der Waals surface area contributed by atoms with Crippen LogP contribution in [0.3, 0.4) is 0 Å². The maximum atomic E-state index is 5.78. The van der Waals surface area contributed by atoms with Gasteiger partial charge in [-0.15, -0.1) is 0 Å². The maximum absolute atomic E-state index is 5.78. The third kappa shape index (κ3) is 1.24. The van der Waals surface area contributed by atoms with Gasteiger partial charge in [-0.2, -0.15) is 0 Å². The average Bonchev–Trinajstić information content (AvgIpc) is 2.55. The van der Waals surface area contributed by atoms with Gasteiger partial charge in [0.25, 0.3) is 0 Å².